The molecule has 0 amide bonds. The Morgan fingerprint density at radius 1 is 0.971 bits per heavy atom. The van der Waals surface area contributed by atoms with E-state index in [-0.39, 0.29) is 5.82 Å². The predicted molar refractivity (Wildman–Crippen MR) is 138 cm³/mol. The number of hydrogen-bond donors (Lipinski definition) is 0. The number of nitrogens with zero attached hydrogens (tertiary/aromatic N) is 3. The molecule has 0 radical (unpaired) electrons. The predicted octanol–water partition coefficient (Wildman–Crippen LogP) is 7.12. The van der Waals surface area contributed by atoms with Crippen LogP contribution in [0.15, 0.2) is 42.6 Å². The van der Waals surface area contributed by atoms with Crippen molar-refractivity contribution in [3.05, 3.63) is 82.1 Å². The molecule has 0 aliphatic rings. The summed E-state index contributed by atoms with van der Waals surface area (Å²) in [5.41, 5.74) is 7.30. The highest BCUT2D eigenvalue weighted by Gasteiger charge is 2.31. The summed E-state index contributed by atoms with van der Waals surface area (Å²) in [5.74, 6) is -0.134. The van der Waals surface area contributed by atoms with Gasteiger partial charge in [0.25, 0.3) is 0 Å². The summed E-state index contributed by atoms with van der Waals surface area (Å²) in [5, 5.41) is 5.79. The second kappa shape index (κ2) is 6.67. The number of benzene rings is 3. The summed E-state index contributed by atoms with van der Waals surface area (Å²) in [6.45, 7) is 17.6. The quantitative estimate of drug-likeness (QED) is 0.116. The Bertz CT molecular complexity index is 1860. The lowest BCUT2D eigenvalue weighted by atomic mass is 9.89. The molecule has 0 aliphatic carbocycles. The lowest BCUT2D eigenvalue weighted by molar-refractivity contribution is -0.643. The molecule has 3 heterocycles. The van der Waals surface area contributed by atoms with Crippen LogP contribution in [-0.2, 0) is 13.5 Å². The molecule has 34 heavy (non-hydrogen) atoms. The van der Waals surface area contributed by atoms with Gasteiger partial charge in [0.15, 0.2) is 6.20 Å². The molecule has 0 spiro atoms. The molecule has 3 nitrogen and oxygen atoms in total. The van der Waals surface area contributed by atoms with Gasteiger partial charge in [-0.05, 0) is 55.0 Å². The van der Waals surface area contributed by atoms with E-state index in [1.165, 1.54) is 16.3 Å². The fourth-order valence-corrected chi connectivity index (χ4v) is 5.94. The Labute approximate surface area is 198 Å². The van der Waals surface area contributed by atoms with Gasteiger partial charge >= 0.3 is 0 Å². The van der Waals surface area contributed by atoms with Crippen molar-refractivity contribution in [1.82, 2.24) is 4.40 Å². The van der Waals surface area contributed by atoms with Crippen molar-refractivity contribution in [3.8, 4) is 0 Å². The minimum Gasteiger partial charge on any atom is -0.311 e. The first-order chi connectivity index (χ1) is 16.2. The van der Waals surface area contributed by atoms with E-state index >= 15 is 4.39 Å². The molecule has 3 aromatic heterocycles. The molecule has 0 saturated heterocycles. The zero-order chi connectivity index (χ0) is 24.1. The van der Waals surface area contributed by atoms with E-state index in [1.807, 2.05) is 34.6 Å². The van der Waals surface area contributed by atoms with Crippen LogP contribution in [0.25, 0.3) is 53.8 Å². The van der Waals surface area contributed by atoms with E-state index < -0.39 is 5.54 Å². The van der Waals surface area contributed by atoms with Crippen LogP contribution < -0.4 is 4.57 Å². The normalized spacial score (nSPS) is 12.6. The van der Waals surface area contributed by atoms with E-state index in [9.17, 15) is 0 Å². The minimum absolute atomic E-state index is 0.134. The maximum absolute atomic E-state index is 15.5. The van der Waals surface area contributed by atoms with E-state index in [4.69, 9.17) is 6.57 Å². The smallest absolute Gasteiger partial charge is 0.231 e. The second-order valence-electron chi connectivity index (χ2n) is 10.4. The molecule has 0 bridgehead atoms. The maximum atomic E-state index is 15.5. The van der Waals surface area contributed by atoms with Crippen LogP contribution >= 0.6 is 0 Å². The zero-order valence-electron chi connectivity index (χ0n) is 20.5. The number of fused-ring (bicyclic) bond motifs is 6. The van der Waals surface area contributed by atoms with E-state index in [1.54, 1.807) is 0 Å². The molecule has 168 valence electrons. The lowest BCUT2D eigenvalue weighted by Gasteiger charge is -2.18. The molecule has 3 aromatic carbocycles. The SMILES string of the molecule is [C-]#[N+]C(C)(C)Cc1cc2cc[n+](C)c3c4c(C)c(C)c(F)c(C)c4n4c5ccccc5c1c4c23. The Hall–Kier alpha value is -3.71. The topological polar surface area (TPSA) is 12.7 Å². The number of aryl methyl sites for hydroxylation is 3. The third-order valence-corrected chi connectivity index (χ3v) is 7.69. The van der Waals surface area contributed by atoms with E-state index in [2.05, 4.69) is 63.5 Å². The van der Waals surface area contributed by atoms with Crippen LogP contribution in [0.4, 0.5) is 4.39 Å². The lowest BCUT2D eigenvalue weighted by Crippen LogP contribution is -2.29. The first-order valence-corrected chi connectivity index (χ1v) is 11.7. The third-order valence-electron chi connectivity index (χ3n) is 7.69. The van der Waals surface area contributed by atoms with E-state index in [0.29, 0.717) is 17.5 Å². The summed E-state index contributed by atoms with van der Waals surface area (Å²) in [6, 6.07) is 12.9. The molecule has 0 fully saturated rings. The van der Waals surface area contributed by atoms with Crippen molar-refractivity contribution in [2.75, 3.05) is 0 Å². The highest BCUT2D eigenvalue weighted by Crippen LogP contribution is 2.44. The zero-order valence-corrected chi connectivity index (χ0v) is 20.5. The fourth-order valence-electron chi connectivity index (χ4n) is 5.94. The monoisotopic (exact) mass is 448 g/mol. The Morgan fingerprint density at radius 2 is 1.71 bits per heavy atom. The van der Waals surface area contributed by atoms with Gasteiger partial charge in [0.1, 0.15) is 12.9 Å². The maximum Gasteiger partial charge on any atom is 0.231 e. The van der Waals surface area contributed by atoms with Gasteiger partial charge in [-0.1, -0.05) is 18.2 Å². The van der Waals surface area contributed by atoms with Crippen LogP contribution in [0.2, 0.25) is 0 Å². The summed E-state index contributed by atoms with van der Waals surface area (Å²) < 4.78 is 20.0. The number of hydrogen-bond acceptors (Lipinski definition) is 0. The average molecular weight is 449 g/mol. The molecule has 6 aromatic rings. The Morgan fingerprint density at radius 3 is 2.44 bits per heavy atom. The summed E-state index contributed by atoms with van der Waals surface area (Å²) in [7, 11) is 2.08. The molecule has 6 rings (SSSR count). The van der Waals surface area contributed by atoms with Crippen LogP contribution in [0.3, 0.4) is 0 Å². The largest absolute Gasteiger partial charge is 0.311 e. The molecular weight excluding hydrogens is 421 g/mol. The highest BCUT2D eigenvalue weighted by molar-refractivity contribution is 6.28. The molecule has 0 N–H and O–H groups in total. The van der Waals surface area contributed by atoms with E-state index in [0.717, 1.165) is 43.8 Å². The number of pyridine rings is 2. The van der Waals surface area contributed by atoms with Gasteiger partial charge in [-0.3, -0.25) is 0 Å². The van der Waals surface area contributed by atoms with Crippen molar-refractivity contribution >= 4 is 49.0 Å². The highest BCUT2D eigenvalue weighted by atomic mass is 19.1. The van der Waals surface area contributed by atoms with Crippen LogP contribution in [0, 0.1) is 33.2 Å². The Balaban J connectivity index is 2.04. The van der Waals surface area contributed by atoms with Gasteiger partial charge in [0, 0.05) is 36.2 Å². The average Bonchev–Trinajstić information content (AvgIpc) is 3.17. The van der Waals surface area contributed by atoms with Crippen molar-refractivity contribution in [2.24, 2.45) is 7.05 Å². The van der Waals surface area contributed by atoms with Crippen molar-refractivity contribution in [2.45, 2.75) is 46.6 Å². The fraction of sp³-hybridized carbons (Fsp3) is 0.267. The minimum atomic E-state index is -0.510. The number of halogens is 1. The first kappa shape index (κ1) is 20.9. The van der Waals surface area contributed by atoms with Gasteiger partial charge in [0.2, 0.25) is 11.1 Å². The summed E-state index contributed by atoms with van der Waals surface area (Å²) in [6.07, 6.45) is 2.75. The number of rotatable bonds is 2. The van der Waals surface area contributed by atoms with Crippen molar-refractivity contribution in [1.29, 1.82) is 0 Å². The molecule has 0 atom stereocenters. The second-order valence-corrected chi connectivity index (χ2v) is 10.4. The van der Waals surface area contributed by atoms with Crippen molar-refractivity contribution < 1.29 is 8.96 Å². The van der Waals surface area contributed by atoms with Crippen LogP contribution in [-0.4, -0.2) is 9.94 Å². The molecule has 0 saturated carbocycles. The number of aromatic nitrogens is 2. The Kier molecular flexibility index (Phi) is 4.09. The van der Waals surface area contributed by atoms with Crippen LogP contribution in [0.1, 0.15) is 36.1 Å². The molecular formula is C30H27FN3+. The standard InChI is InChI=1S/C30H27FN3/c1-16-17(2)26(31)18(3)27-23(16)28-25-19(12-13-33(28)7)14-20(15-30(4,5)32-6)24-21-10-8-9-11-22(21)34(27)29(24)25/h8-14H,15H2,1-5,7H3/q+1. The molecule has 0 unspecified atom stereocenters. The van der Waals surface area contributed by atoms with Crippen LogP contribution in [0.5, 0.6) is 0 Å². The van der Waals surface area contributed by atoms with Gasteiger partial charge in [-0.2, -0.15) is 0 Å². The van der Waals surface area contributed by atoms with Gasteiger partial charge < -0.3 is 9.25 Å². The van der Waals surface area contributed by atoms with Gasteiger partial charge in [0.05, 0.1) is 33.7 Å². The summed E-state index contributed by atoms with van der Waals surface area (Å²) in [4.78, 5) is 3.91. The first-order valence-electron chi connectivity index (χ1n) is 11.7. The van der Waals surface area contributed by atoms with Gasteiger partial charge in [-0.25, -0.2) is 15.5 Å². The summed E-state index contributed by atoms with van der Waals surface area (Å²) >= 11 is 0. The molecule has 4 heteroatoms. The molecule has 0 aliphatic heterocycles. The third kappa shape index (κ3) is 2.47. The van der Waals surface area contributed by atoms with Crippen molar-refractivity contribution in [3.63, 3.8) is 0 Å². The number of para-hydroxylation sites is 1. The van der Waals surface area contributed by atoms with Gasteiger partial charge in [-0.15, -0.1) is 0 Å².